The maximum absolute atomic E-state index is 12.7. The van der Waals surface area contributed by atoms with Crippen LogP contribution in [0.5, 0.6) is 5.88 Å². The van der Waals surface area contributed by atoms with E-state index in [4.69, 9.17) is 4.18 Å². The van der Waals surface area contributed by atoms with Gasteiger partial charge in [-0.1, -0.05) is 53.7 Å². The molecule has 0 spiro atoms. The standard InChI is InChI=1S/C26H34N4O3S.CH3.Cr/c1-14(2)17-8-19(15(3)4)24(20(9-17)16(5)6)34-33-25-22-13-30(18-11-27-12-18)23(31)10-21(22)26(32)29(7)28-25;;/h8-10,13-16,18,27H,11-12H2,1-7H3;1H3;/q;-1;. The van der Waals surface area contributed by atoms with Crippen molar-refractivity contribution in [3.05, 3.63) is 69.2 Å². The summed E-state index contributed by atoms with van der Waals surface area (Å²) in [5, 5.41) is 8.48. The number of nitrogens with zero attached hydrogens (tertiary/aromatic N) is 3. The quantitative estimate of drug-likeness (QED) is 0.325. The van der Waals surface area contributed by atoms with Crippen LogP contribution in [0, 0.1) is 7.43 Å². The largest absolute Gasteiger partial charge is 0.398 e. The zero-order valence-corrected chi connectivity index (χ0v) is 24.5. The molecule has 9 heteroatoms. The zero-order chi connectivity index (χ0) is 24.7. The van der Waals surface area contributed by atoms with Gasteiger partial charge in [0.1, 0.15) is 0 Å². The summed E-state index contributed by atoms with van der Waals surface area (Å²) in [6, 6.07) is 6.04. The first-order valence-electron chi connectivity index (χ1n) is 11.9. The predicted octanol–water partition coefficient (Wildman–Crippen LogP) is 5.14. The van der Waals surface area contributed by atoms with Crippen molar-refractivity contribution in [1.82, 2.24) is 19.7 Å². The molecule has 2 aromatic heterocycles. The first-order chi connectivity index (χ1) is 16.1. The number of hydrogen-bond acceptors (Lipinski definition) is 6. The minimum atomic E-state index is -0.310. The second-order valence-corrected chi connectivity index (χ2v) is 10.8. The molecular formula is C27H37CrN4O3S-. The first-order valence-corrected chi connectivity index (χ1v) is 12.7. The molecule has 0 bridgehead atoms. The molecule has 3 heterocycles. The molecule has 4 rings (SSSR count). The second kappa shape index (κ2) is 12.0. The Kier molecular flexibility index (Phi) is 10.1. The topological polar surface area (TPSA) is 78.2 Å². The molecule has 7 nitrogen and oxygen atoms in total. The smallest absolute Gasteiger partial charge is 0.274 e. The Morgan fingerprint density at radius 2 is 1.56 bits per heavy atom. The van der Waals surface area contributed by atoms with Crippen LogP contribution in [0.3, 0.4) is 0 Å². The van der Waals surface area contributed by atoms with E-state index < -0.39 is 0 Å². The third-order valence-electron chi connectivity index (χ3n) is 6.51. The summed E-state index contributed by atoms with van der Waals surface area (Å²) < 4.78 is 9.18. The summed E-state index contributed by atoms with van der Waals surface area (Å²) in [5.41, 5.74) is 3.31. The molecule has 3 aromatic rings. The molecule has 0 radical (unpaired) electrons. The van der Waals surface area contributed by atoms with Gasteiger partial charge in [0, 0.05) is 49.8 Å². The van der Waals surface area contributed by atoms with Crippen LogP contribution in [0.25, 0.3) is 10.8 Å². The van der Waals surface area contributed by atoms with Crippen LogP contribution in [0.2, 0.25) is 0 Å². The molecule has 1 aliphatic heterocycles. The Hall–Kier alpha value is -2.05. The number of rotatable bonds is 7. The molecule has 1 aliphatic rings. The summed E-state index contributed by atoms with van der Waals surface area (Å²) in [6.45, 7) is 14.7. The predicted molar refractivity (Wildman–Crippen MR) is 145 cm³/mol. The van der Waals surface area contributed by atoms with Crippen molar-refractivity contribution in [2.24, 2.45) is 7.05 Å². The molecule has 0 unspecified atom stereocenters. The van der Waals surface area contributed by atoms with E-state index >= 15 is 0 Å². The fourth-order valence-electron chi connectivity index (χ4n) is 4.19. The average molecular weight is 550 g/mol. The molecule has 1 aromatic carbocycles. The van der Waals surface area contributed by atoms with E-state index in [-0.39, 0.29) is 41.9 Å². The summed E-state index contributed by atoms with van der Waals surface area (Å²) in [4.78, 5) is 26.5. The van der Waals surface area contributed by atoms with Gasteiger partial charge in [0.2, 0.25) is 0 Å². The fraction of sp³-hybridized carbons (Fsp3) is 0.481. The van der Waals surface area contributed by atoms with Gasteiger partial charge in [0.15, 0.2) is 0 Å². The minimum absolute atomic E-state index is 0. The van der Waals surface area contributed by atoms with Crippen molar-refractivity contribution < 1.29 is 21.5 Å². The van der Waals surface area contributed by atoms with Crippen molar-refractivity contribution in [3.8, 4) is 5.88 Å². The van der Waals surface area contributed by atoms with Gasteiger partial charge in [-0.25, -0.2) is 4.68 Å². The molecule has 0 aliphatic carbocycles. The van der Waals surface area contributed by atoms with Crippen LogP contribution in [0.15, 0.2) is 38.9 Å². The van der Waals surface area contributed by atoms with Crippen molar-refractivity contribution in [1.29, 1.82) is 0 Å². The number of nitrogens with one attached hydrogen (secondary N) is 1. The first kappa shape index (κ1) is 30.2. The van der Waals surface area contributed by atoms with E-state index in [0.29, 0.717) is 34.4 Å². The molecule has 196 valence electrons. The number of pyridine rings is 1. The zero-order valence-electron chi connectivity index (χ0n) is 22.4. The molecule has 1 saturated heterocycles. The van der Waals surface area contributed by atoms with E-state index in [1.165, 1.54) is 39.5 Å². The van der Waals surface area contributed by atoms with Gasteiger partial charge in [-0.05, 0) is 34.4 Å². The Bertz CT molecular complexity index is 1310. The molecule has 0 atom stereocenters. The molecule has 1 N–H and O–H groups in total. The normalized spacial score (nSPS) is 13.6. The van der Waals surface area contributed by atoms with E-state index in [1.807, 2.05) is 0 Å². The van der Waals surface area contributed by atoms with Gasteiger partial charge in [-0.2, -0.15) is 0 Å². The minimum Gasteiger partial charge on any atom is -0.398 e. The van der Waals surface area contributed by atoms with Gasteiger partial charge in [-0.15, -0.1) is 5.10 Å². The van der Waals surface area contributed by atoms with Gasteiger partial charge in [0.25, 0.3) is 17.0 Å². The monoisotopic (exact) mass is 549 g/mol. The number of aromatic nitrogens is 3. The SMILES string of the molecule is CC(C)c1cc(C(C)C)c(SOc2nn(C)c(=O)c3cc(=O)n(C4CNC4)cc23)c(C(C)C)c1.[CH3-].[Cr]. The van der Waals surface area contributed by atoms with E-state index in [0.717, 1.165) is 18.0 Å². The molecule has 0 saturated carbocycles. The van der Waals surface area contributed by atoms with Gasteiger partial charge in [-0.3, -0.25) is 9.59 Å². The Morgan fingerprint density at radius 3 is 2.03 bits per heavy atom. The van der Waals surface area contributed by atoms with Crippen molar-refractivity contribution in [2.75, 3.05) is 13.1 Å². The third kappa shape index (κ3) is 5.75. The number of fused-ring (bicyclic) bond motifs is 1. The summed E-state index contributed by atoms with van der Waals surface area (Å²) >= 11 is 1.29. The Morgan fingerprint density at radius 1 is 0.972 bits per heavy atom. The van der Waals surface area contributed by atoms with Crippen molar-refractivity contribution in [2.45, 2.75) is 70.2 Å². The average Bonchev–Trinajstić information content (AvgIpc) is 2.74. The number of hydrogen-bond donors (Lipinski definition) is 1. The second-order valence-electron chi connectivity index (χ2n) is 10.1. The van der Waals surface area contributed by atoms with Gasteiger partial charge in [0.05, 0.1) is 33.8 Å². The van der Waals surface area contributed by atoms with E-state index in [9.17, 15) is 9.59 Å². The third-order valence-corrected chi connectivity index (χ3v) is 7.39. The molecule has 36 heavy (non-hydrogen) atoms. The summed E-state index contributed by atoms with van der Waals surface area (Å²) in [7, 11) is 1.58. The number of aryl methyl sites for hydroxylation is 1. The summed E-state index contributed by atoms with van der Waals surface area (Å²) in [5.74, 6) is 1.41. The van der Waals surface area contributed by atoms with Crippen LogP contribution in [0.1, 0.15) is 82.0 Å². The Balaban J connectivity index is 0.00000228. The van der Waals surface area contributed by atoms with Crippen LogP contribution in [-0.2, 0) is 24.4 Å². The van der Waals surface area contributed by atoms with Crippen LogP contribution in [0.4, 0.5) is 0 Å². The molecule has 1 fully saturated rings. The van der Waals surface area contributed by atoms with Crippen molar-refractivity contribution in [3.63, 3.8) is 0 Å². The van der Waals surface area contributed by atoms with Gasteiger partial charge >= 0.3 is 0 Å². The Labute approximate surface area is 229 Å². The number of benzene rings is 1. The molecular weight excluding hydrogens is 512 g/mol. The summed E-state index contributed by atoms with van der Waals surface area (Å²) in [6.07, 6.45) is 1.72. The van der Waals surface area contributed by atoms with E-state index in [1.54, 1.807) is 17.8 Å². The maximum Gasteiger partial charge on any atom is 0.274 e. The van der Waals surface area contributed by atoms with Crippen LogP contribution >= 0.6 is 12.0 Å². The van der Waals surface area contributed by atoms with E-state index in [2.05, 4.69) is 64.1 Å². The fourth-order valence-corrected chi connectivity index (χ4v) is 5.26. The van der Waals surface area contributed by atoms with Crippen molar-refractivity contribution >= 4 is 22.8 Å². The van der Waals surface area contributed by atoms with Crippen LogP contribution in [-0.4, -0.2) is 27.4 Å². The molecule has 0 amide bonds. The van der Waals surface area contributed by atoms with Crippen LogP contribution < -0.4 is 20.6 Å². The maximum atomic E-state index is 12.7. The van der Waals surface area contributed by atoms with Gasteiger partial charge < -0.3 is 21.5 Å².